The summed E-state index contributed by atoms with van der Waals surface area (Å²) < 4.78 is 10.8. The fourth-order valence-corrected chi connectivity index (χ4v) is 5.32. The van der Waals surface area contributed by atoms with Gasteiger partial charge in [0.25, 0.3) is 0 Å². The third kappa shape index (κ3) is 7.62. The van der Waals surface area contributed by atoms with E-state index in [2.05, 4.69) is 5.32 Å². The van der Waals surface area contributed by atoms with E-state index in [1.807, 2.05) is 79.7 Å². The average Bonchev–Trinajstić information content (AvgIpc) is 3.47. The predicted octanol–water partition coefficient (Wildman–Crippen LogP) is 5.64. The fourth-order valence-electron chi connectivity index (χ4n) is 5.32. The van der Waals surface area contributed by atoms with E-state index in [-0.39, 0.29) is 24.3 Å². The second kappa shape index (κ2) is 13.8. The highest BCUT2D eigenvalue weighted by Gasteiger charge is 2.32. The summed E-state index contributed by atoms with van der Waals surface area (Å²) in [6.07, 6.45) is 5.53. The molecule has 0 aromatic heterocycles. The molecule has 0 bridgehead atoms. The van der Waals surface area contributed by atoms with Crippen LogP contribution in [0.1, 0.15) is 54.4 Å². The van der Waals surface area contributed by atoms with Crippen LogP contribution < -0.4 is 14.8 Å². The summed E-state index contributed by atoms with van der Waals surface area (Å²) in [6, 6.07) is 23.3. The van der Waals surface area contributed by atoms with Crippen LogP contribution in [0.2, 0.25) is 0 Å². The topological polar surface area (TPSA) is 67.9 Å². The normalized spacial score (nSPS) is 14.0. The Balaban J connectivity index is 1.61. The molecular formula is C33H40N2O4. The molecule has 1 fully saturated rings. The Kier molecular flexibility index (Phi) is 10.0. The number of rotatable bonds is 12. The Morgan fingerprint density at radius 2 is 1.59 bits per heavy atom. The zero-order valence-corrected chi connectivity index (χ0v) is 23.3. The lowest BCUT2D eigenvalue weighted by Gasteiger charge is -2.33. The first-order valence-corrected chi connectivity index (χ1v) is 13.9. The molecule has 3 aromatic carbocycles. The van der Waals surface area contributed by atoms with Gasteiger partial charge in [0, 0.05) is 25.4 Å². The molecular weight excluding hydrogens is 488 g/mol. The largest absolute Gasteiger partial charge is 0.493 e. The van der Waals surface area contributed by atoms with E-state index in [0.717, 1.165) is 47.9 Å². The van der Waals surface area contributed by atoms with Crippen molar-refractivity contribution in [2.45, 2.75) is 70.5 Å². The second-order valence-corrected chi connectivity index (χ2v) is 10.3. The van der Waals surface area contributed by atoms with Crippen LogP contribution in [-0.2, 0) is 29.0 Å². The van der Waals surface area contributed by atoms with Gasteiger partial charge in [-0.3, -0.25) is 9.59 Å². The summed E-state index contributed by atoms with van der Waals surface area (Å²) in [5.74, 6) is 1.17. The SMILES string of the molecule is COc1ccc(CCC(=O)N(Cc2ccccc2C)[C@@H](Cc2ccccc2)C(=O)NC2CCCC2)cc1OC. The maximum Gasteiger partial charge on any atom is 0.243 e. The molecule has 0 spiro atoms. The van der Waals surface area contributed by atoms with Crippen molar-refractivity contribution < 1.29 is 19.1 Å². The van der Waals surface area contributed by atoms with Gasteiger partial charge in [0.1, 0.15) is 6.04 Å². The Labute approximate surface area is 232 Å². The van der Waals surface area contributed by atoms with Crippen molar-refractivity contribution in [3.8, 4) is 11.5 Å². The van der Waals surface area contributed by atoms with Crippen LogP contribution in [0, 0.1) is 6.92 Å². The van der Waals surface area contributed by atoms with Crippen LogP contribution in [0.3, 0.4) is 0 Å². The number of benzene rings is 3. The van der Waals surface area contributed by atoms with Gasteiger partial charge in [0.2, 0.25) is 11.8 Å². The number of nitrogens with one attached hydrogen (secondary N) is 1. The third-order valence-electron chi connectivity index (χ3n) is 7.65. The molecule has 1 saturated carbocycles. The number of nitrogens with zero attached hydrogens (tertiary/aromatic N) is 1. The van der Waals surface area contributed by atoms with Crippen LogP contribution in [0.5, 0.6) is 11.5 Å². The first kappa shape index (κ1) is 28.2. The van der Waals surface area contributed by atoms with Gasteiger partial charge in [-0.2, -0.15) is 0 Å². The van der Waals surface area contributed by atoms with Crippen molar-refractivity contribution in [3.63, 3.8) is 0 Å². The Bertz CT molecular complexity index is 1240. The monoisotopic (exact) mass is 528 g/mol. The standard InChI is InChI=1S/C33H40N2O4/c1-24-11-7-8-14-27(24)23-35(32(36)20-18-26-17-19-30(38-2)31(22-26)39-3)29(21-25-12-5-4-6-13-25)33(37)34-28-15-9-10-16-28/h4-8,11-14,17,19,22,28-29H,9-10,15-16,18,20-21,23H2,1-3H3,(H,34,37)/t29-/m0/s1. The summed E-state index contributed by atoms with van der Waals surface area (Å²) >= 11 is 0. The van der Waals surface area contributed by atoms with E-state index < -0.39 is 6.04 Å². The van der Waals surface area contributed by atoms with Crippen LogP contribution >= 0.6 is 0 Å². The smallest absolute Gasteiger partial charge is 0.243 e. The van der Waals surface area contributed by atoms with Crippen LogP contribution in [0.4, 0.5) is 0 Å². The zero-order chi connectivity index (χ0) is 27.6. The van der Waals surface area contributed by atoms with Crippen LogP contribution in [0.15, 0.2) is 72.8 Å². The molecule has 0 aliphatic heterocycles. The first-order valence-electron chi connectivity index (χ1n) is 13.9. The number of ether oxygens (including phenoxy) is 2. The highest BCUT2D eigenvalue weighted by Crippen LogP contribution is 2.28. The molecule has 0 heterocycles. The number of hydrogen-bond acceptors (Lipinski definition) is 4. The molecule has 39 heavy (non-hydrogen) atoms. The summed E-state index contributed by atoms with van der Waals surface area (Å²) in [7, 11) is 3.21. The van der Waals surface area contributed by atoms with Gasteiger partial charge < -0.3 is 19.7 Å². The number of aryl methyl sites for hydroxylation is 2. The summed E-state index contributed by atoms with van der Waals surface area (Å²) in [5, 5.41) is 3.27. The Morgan fingerprint density at radius 3 is 2.28 bits per heavy atom. The molecule has 2 amide bonds. The average molecular weight is 529 g/mol. The molecule has 1 aliphatic carbocycles. The van der Waals surface area contributed by atoms with Gasteiger partial charge >= 0.3 is 0 Å². The van der Waals surface area contributed by atoms with Gasteiger partial charge in [-0.15, -0.1) is 0 Å². The minimum Gasteiger partial charge on any atom is -0.493 e. The Morgan fingerprint density at radius 1 is 0.897 bits per heavy atom. The van der Waals surface area contributed by atoms with E-state index in [1.165, 1.54) is 0 Å². The number of carbonyl (C=O) groups excluding carboxylic acids is 2. The van der Waals surface area contributed by atoms with E-state index >= 15 is 0 Å². The lowest BCUT2D eigenvalue weighted by Crippen LogP contribution is -2.52. The van der Waals surface area contributed by atoms with Crippen LogP contribution in [0.25, 0.3) is 0 Å². The van der Waals surface area contributed by atoms with Gasteiger partial charge in [-0.05, 0) is 60.6 Å². The number of amides is 2. The predicted molar refractivity (Wildman–Crippen MR) is 154 cm³/mol. The molecule has 6 heteroatoms. The minimum absolute atomic E-state index is 0.0458. The first-order chi connectivity index (χ1) is 19.0. The number of hydrogen-bond donors (Lipinski definition) is 1. The van der Waals surface area contributed by atoms with Gasteiger partial charge in [0.15, 0.2) is 11.5 Å². The molecule has 1 aliphatic rings. The van der Waals surface area contributed by atoms with Crippen molar-refractivity contribution in [2.24, 2.45) is 0 Å². The van der Waals surface area contributed by atoms with Crippen molar-refractivity contribution in [1.29, 1.82) is 0 Å². The number of methoxy groups -OCH3 is 2. The van der Waals surface area contributed by atoms with Gasteiger partial charge in [-0.1, -0.05) is 73.5 Å². The number of carbonyl (C=O) groups is 2. The highest BCUT2D eigenvalue weighted by atomic mass is 16.5. The van der Waals surface area contributed by atoms with Gasteiger partial charge in [-0.25, -0.2) is 0 Å². The van der Waals surface area contributed by atoms with Crippen molar-refractivity contribution in [3.05, 3.63) is 95.1 Å². The molecule has 0 unspecified atom stereocenters. The molecule has 1 atom stereocenters. The minimum atomic E-state index is -0.606. The Hall–Kier alpha value is -3.80. The third-order valence-corrected chi connectivity index (χ3v) is 7.65. The van der Waals surface area contributed by atoms with Crippen LogP contribution in [-0.4, -0.2) is 43.0 Å². The van der Waals surface area contributed by atoms with E-state index in [1.54, 1.807) is 19.1 Å². The van der Waals surface area contributed by atoms with Gasteiger partial charge in [0.05, 0.1) is 14.2 Å². The van der Waals surface area contributed by atoms with Crippen molar-refractivity contribution in [1.82, 2.24) is 10.2 Å². The van der Waals surface area contributed by atoms with E-state index in [0.29, 0.717) is 30.9 Å². The molecule has 0 saturated heterocycles. The molecule has 3 aromatic rings. The lowest BCUT2D eigenvalue weighted by molar-refractivity contribution is -0.141. The molecule has 1 N–H and O–H groups in total. The maximum absolute atomic E-state index is 14.0. The molecule has 4 rings (SSSR count). The van der Waals surface area contributed by atoms with Crippen molar-refractivity contribution >= 4 is 11.8 Å². The van der Waals surface area contributed by atoms with Crippen molar-refractivity contribution in [2.75, 3.05) is 14.2 Å². The lowest BCUT2D eigenvalue weighted by atomic mass is 10.00. The molecule has 0 radical (unpaired) electrons. The van der Waals surface area contributed by atoms with E-state index in [4.69, 9.17) is 9.47 Å². The summed E-state index contributed by atoms with van der Waals surface area (Å²) in [5.41, 5.74) is 4.16. The summed E-state index contributed by atoms with van der Waals surface area (Å²) in [4.78, 5) is 29.6. The molecule has 206 valence electrons. The highest BCUT2D eigenvalue weighted by molar-refractivity contribution is 5.88. The summed E-state index contributed by atoms with van der Waals surface area (Å²) in [6.45, 7) is 2.43. The zero-order valence-electron chi connectivity index (χ0n) is 23.3. The quantitative estimate of drug-likeness (QED) is 0.330. The second-order valence-electron chi connectivity index (χ2n) is 10.3. The maximum atomic E-state index is 14.0. The van der Waals surface area contributed by atoms with E-state index in [9.17, 15) is 9.59 Å². The molecule has 6 nitrogen and oxygen atoms in total. The fraction of sp³-hybridized carbons (Fsp3) is 0.394.